The Balaban J connectivity index is 2.31. The fraction of sp³-hybridized carbons (Fsp3) is 0.438. The van der Waals surface area contributed by atoms with Gasteiger partial charge in [0.05, 0.1) is 32.1 Å². The number of thiocarbonyl (C=S) groups is 1. The van der Waals surface area contributed by atoms with Crippen LogP contribution in [0, 0.1) is 6.92 Å². The fourth-order valence-corrected chi connectivity index (χ4v) is 4.12. The summed E-state index contributed by atoms with van der Waals surface area (Å²) in [6, 6.07) is 1.43. The second kappa shape index (κ2) is 9.21. The first kappa shape index (κ1) is 23.3. The largest absolute Gasteiger partial charge is 0.481 e. The van der Waals surface area contributed by atoms with Crippen molar-refractivity contribution in [2.24, 2.45) is 7.05 Å². The van der Waals surface area contributed by atoms with Crippen LogP contribution >= 0.6 is 12.2 Å². The number of esters is 1. The molecule has 2 heterocycles. The summed E-state index contributed by atoms with van der Waals surface area (Å²) in [6.07, 6.45) is -0.441. The summed E-state index contributed by atoms with van der Waals surface area (Å²) in [4.78, 5) is 20.4. The predicted octanol–water partition coefficient (Wildman–Crippen LogP) is 0.776. The van der Waals surface area contributed by atoms with Crippen molar-refractivity contribution in [2.45, 2.75) is 31.9 Å². The summed E-state index contributed by atoms with van der Waals surface area (Å²) < 4.78 is 44.3. The van der Waals surface area contributed by atoms with Crippen LogP contribution < -0.4 is 19.5 Å². The van der Waals surface area contributed by atoms with Gasteiger partial charge in [0.1, 0.15) is 5.56 Å². The van der Waals surface area contributed by atoms with E-state index in [0.29, 0.717) is 0 Å². The summed E-state index contributed by atoms with van der Waals surface area (Å²) in [6.45, 7) is 4.80. The highest BCUT2D eigenvalue weighted by Crippen LogP contribution is 2.21. The minimum atomic E-state index is -4.30. The first-order valence-electron chi connectivity index (χ1n) is 8.54. The maximum absolute atomic E-state index is 12.9. The topological polar surface area (TPSA) is 147 Å². The molecule has 0 aliphatic rings. The van der Waals surface area contributed by atoms with E-state index in [1.807, 2.05) is 0 Å². The quantitative estimate of drug-likeness (QED) is 0.448. The van der Waals surface area contributed by atoms with Gasteiger partial charge >= 0.3 is 5.97 Å². The zero-order valence-corrected chi connectivity index (χ0v) is 18.8. The van der Waals surface area contributed by atoms with Crippen molar-refractivity contribution in [1.82, 2.24) is 24.5 Å². The van der Waals surface area contributed by atoms with E-state index in [-0.39, 0.29) is 39.1 Å². The summed E-state index contributed by atoms with van der Waals surface area (Å²) in [5.74, 6) is -0.512. The van der Waals surface area contributed by atoms with Crippen molar-refractivity contribution >= 4 is 39.3 Å². The number of carbonyl (C=O) groups is 1. The number of anilines is 1. The van der Waals surface area contributed by atoms with Crippen molar-refractivity contribution < 1.29 is 27.4 Å². The van der Waals surface area contributed by atoms with Crippen LogP contribution in [0.25, 0.3) is 0 Å². The monoisotopic (exact) mass is 458 g/mol. The van der Waals surface area contributed by atoms with Crippen LogP contribution in [0.2, 0.25) is 0 Å². The number of nitrogens with one attached hydrogen (secondary N) is 2. The van der Waals surface area contributed by atoms with Crippen LogP contribution in [0.5, 0.6) is 11.8 Å². The number of sulfonamides is 1. The second-order valence-corrected chi connectivity index (χ2v) is 8.19. The molecule has 0 unspecified atom stereocenters. The average molecular weight is 459 g/mol. The molecule has 14 heteroatoms. The molecular weight excluding hydrogens is 436 g/mol. The third-order valence-corrected chi connectivity index (χ3v) is 5.30. The zero-order valence-electron chi connectivity index (χ0n) is 17.2. The molecule has 2 aromatic heterocycles. The van der Waals surface area contributed by atoms with Crippen LogP contribution in [-0.2, 0) is 21.8 Å². The van der Waals surface area contributed by atoms with E-state index in [0.717, 1.165) is 4.68 Å². The Kier molecular flexibility index (Phi) is 7.15. The predicted molar refractivity (Wildman–Crippen MR) is 110 cm³/mol. The van der Waals surface area contributed by atoms with E-state index < -0.39 is 22.1 Å². The Hall–Kier alpha value is -3.00. The molecule has 0 amide bonds. The molecule has 0 aliphatic heterocycles. The smallest absolute Gasteiger partial charge is 0.343 e. The number of carbonyl (C=O) groups excluding carboxylic acids is 1. The van der Waals surface area contributed by atoms with Crippen molar-refractivity contribution in [3.8, 4) is 11.8 Å². The molecule has 0 aliphatic carbocycles. The molecule has 0 bridgehead atoms. The van der Waals surface area contributed by atoms with Gasteiger partial charge in [-0.05, 0) is 33.0 Å². The number of aryl methyl sites for hydroxylation is 2. The highest BCUT2D eigenvalue weighted by Gasteiger charge is 2.32. The van der Waals surface area contributed by atoms with E-state index >= 15 is 0 Å². The first-order chi connectivity index (χ1) is 14.0. The van der Waals surface area contributed by atoms with Gasteiger partial charge in [-0.25, -0.2) is 4.79 Å². The maximum Gasteiger partial charge on any atom is 0.343 e. The molecule has 0 atom stereocenters. The van der Waals surface area contributed by atoms with Crippen LogP contribution in [0.15, 0.2) is 11.1 Å². The highest BCUT2D eigenvalue weighted by atomic mass is 32.2. The molecule has 0 radical (unpaired) electrons. The van der Waals surface area contributed by atoms with Gasteiger partial charge in [-0.15, -0.1) is 0 Å². The lowest BCUT2D eigenvalue weighted by Gasteiger charge is -2.13. The molecule has 0 spiro atoms. The number of methoxy groups -OCH3 is 2. The minimum Gasteiger partial charge on any atom is -0.481 e. The molecule has 30 heavy (non-hydrogen) atoms. The number of hydrogen-bond donors (Lipinski definition) is 2. The molecule has 12 nitrogen and oxygen atoms in total. The SMILES string of the molecule is COc1cc(OC)nc(NC(=S)NS(=O)(=O)c2c(C(=O)OC(C)C)c(C)nn2C)n1. The van der Waals surface area contributed by atoms with E-state index in [4.69, 9.17) is 26.4 Å². The molecule has 0 saturated heterocycles. The lowest BCUT2D eigenvalue weighted by molar-refractivity contribution is 0.0372. The van der Waals surface area contributed by atoms with Gasteiger partial charge in [-0.2, -0.15) is 23.5 Å². The average Bonchev–Trinajstić information content (AvgIpc) is 2.95. The van der Waals surface area contributed by atoms with Gasteiger partial charge < -0.3 is 19.5 Å². The van der Waals surface area contributed by atoms with Crippen LogP contribution in [0.1, 0.15) is 29.9 Å². The van der Waals surface area contributed by atoms with Gasteiger partial charge in [0.15, 0.2) is 10.1 Å². The maximum atomic E-state index is 12.9. The molecule has 0 fully saturated rings. The van der Waals surface area contributed by atoms with Gasteiger partial charge in [0, 0.05) is 7.05 Å². The Morgan fingerprint density at radius 2 is 1.77 bits per heavy atom. The summed E-state index contributed by atoms with van der Waals surface area (Å²) in [5, 5.41) is 5.82. The van der Waals surface area contributed by atoms with Crippen molar-refractivity contribution in [3.05, 3.63) is 17.3 Å². The lowest BCUT2D eigenvalue weighted by Crippen LogP contribution is -2.36. The molecule has 2 rings (SSSR count). The number of rotatable bonds is 7. The first-order valence-corrected chi connectivity index (χ1v) is 10.4. The summed E-state index contributed by atoms with van der Waals surface area (Å²) in [7, 11) is -0.119. The zero-order chi connectivity index (χ0) is 22.6. The molecule has 164 valence electrons. The number of ether oxygens (including phenoxy) is 3. The lowest BCUT2D eigenvalue weighted by atomic mass is 10.2. The number of nitrogens with zero attached hydrogens (tertiary/aromatic N) is 4. The van der Waals surface area contributed by atoms with Gasteiger partial charge in [0.2, 0.25) is 17.7 Å². The third kappa shape index (κ3) is 5.33. The molecule has 0 saturated carbocycles. The molecular formula is C16H22N6O6S2. The van der Waals surface area contributed by atoms with Crippen LogP contribution in [0.3, 0.4) is 0 Å². The Bertz CT molecular complexity index is 1040. The summed E-state index contributed by atoms with van der Waals surface area (Å²) in [5.41, 5.74) is 0.0177. The second-order valence-electron chi connectivity index (χ2n) is 6.18. The molecule has 0 aromatic carbocycles. The Labute approximate surface area is 179 Å². The van der Waals surface area contributed by atoms with Crippen molar-refractivity contribution in [3.63, 3.8) is 0 Å². The van der Waals surface area contributed by atoms with Crippen LogP contribution in [-0.4, -0.2) is 59.6 Å². The van der Waals surface area contributed by atoms with E-state index in [1.54, 1.807) is 13.8 Å². The third-order valence-electron chi connectivity index (χ3n) is 3.52. The normalized spacial score (nSPS) is 11.2. The van der Waals surface area contributed by atoms with Crippen molar-refractivity contribution in [2.75, 3.05) is 19.5 Å². The van der Waals surface area contributed by atoms with Crippen molar-refractivity contribution in [1.29, 1.82) is 0 Å². The van der Waals surface area contributed by atoms with Gasteiger partial charge in [-0.3, -0.25) is 9.40 Å². The Morgan fingerprint density at radius 1 is 1.20 bits per heavy atom. The number of aromatic nitrogens is 4. The summed E-state index contributed by atoms with van der Waals surface area (Å²) >= 11 is 5.06. The van der Waals surface area contributed by atoms with Gasteiger partial charge in [-0.1, -0.05) is 0 Å². The van der Waals surface area contributed by atoms with E-state index in [2.05, 4.69) is 25.1 Å². The van der Waals surface area contributed by atoms with E-state index in [1.165, 1.54) is 34.3 Å². The van der Waals surface area contributed by atoms with E-state index in [9.17, 15) is 13.2 Å². The highest BCUT2D eigenvalue weighted by molar-refractivity contribution is 7.92. The van der Waals surface area contributed by atoms with Gasteiger partial charge in [0.25, 0.3) is 10.0 Å². The van der Waals surface area contributed by atoms with Crippen LogP contribution in [0.4, 0.5) is 5.95 Å². The molecule has 2 aromatic rings. The molecule has 2 N–H and O–H groups in total. The minimum absolute atomic E-state index is 0.0560. The Morgan fingerprint density at radius 3 is 2.27 bits per heavy atom. The number of hydrogen-bond acceptors (Lipinski definition) is 10. The standard InChI is InChI=1S/C16H22N6O6S2/c1-8(2)28-14(23)12-9(3)20-22(4)13(12)30(24,25)21-16(29)19-15-17-10(26-5)7-11(18-15)27-6/h7-8H,1-6H3,(H2,17,18,19,21,29). The fourth-order valence-electron chi connectivity index (χ4n) is 2.42.